The first-order valence-electron chi connectivity index (χ1n) is 8.43. The van der Waals surface area contributed by atoms with Crippen LogP contribution in [0.3, 0.4) is 0 Å². The molecule has 0 saturated heterocycles. The number of carbonyl (C=O) groups excluding carboxylic acids is 1. The Morgan fingerprint density at radius 3 is 2.54 bits per heavy atom. The highest BCUT2D eigenvalue weighted by atomic mass is 32.2. The van der Waals surface area contributed by atoms with Crippen LogP contribution in [0.15, 0.2) is 34.1 Å². The van der Waals surface area contributed by atoms with E-state index in [-0.39, 0.29) is 5.82 Å². The molecule has 2 aromatic rings. The molecule has 0 aliphatic heterocycles. The molecule has 0 aliphatic rings. The zero-order valence-corrected chi connectivity index (χ0v) is 16.9. The molecule has 0 spiro atoms. The molecule has 1 aromatic heterocycles. The molecule has 7 heteroatoms. The third-order valence-electron chi connectivity index (χ3n) is 3.62. The third-order valence-corrected chi connectivity index (χ3v) is 4.48. The molecule has 0 atom stereocenters. The van der Waals surface area contributed by atoms with Crippen molar-refractivity contribution < 1.29 is 9.53 Å². The van der Waals surface area contributed by atoms with Crippen molar-refractivity contribution in [1.29, 1.82) is 0 Å². The number of para-hydroxylation sites is 1. The van der Waals surface area contributed by atoms with E-state index >= 15 is 0 Å². The summed E-state index contributed by atoms with van der Waals surface area (Å²) in [6.45, 7) is 9.09. The molecule has 2 rings (SSSR count). The molecule has 0 radical (unpaired) electrons. The van der Waals surface area contributed by atoms with Gasteiger partial charge in [0.25, 0.3) is 0 Å². The smallest absolute Gasteiger partial charge is 0.422 e. The van der Waals surface area contributed by atoms with Gasteiger partial charge in [0, 0.05) is 5.69 Å². The van der Waals surface area contributed by atoms with Gasteiger partial charge in [0.1, 0.15) is 10.6 Å². The first kappa shape index (κ1) is 20.0. The minimum Gasteiger partial charge on any atom is -0.443 e. The summed E-state index contributed by atoms with van der Waals surface area (Å²) in [4.78, 5) is 29.9. The highest BCUT2D eigenvalue weighted by Gasteiger charge is 2.24. The Morgan fingerprint density at radius 2 is 1.96 bits per heavy atom. The molecular weight excluding hydrogens is 350 g/mol. The van der Waals surface area contributed by atoms with E-state index in [1.54, 1.807) is 34.0 Å². The lowest BCUT2D eigenvalue weighted by Gasteiger charge is -2.22. The number of thioether (sulfide) groups is 1. The summed E-state index contributed by atoms with van der Waals surface area (Å²) in [5, 5.41) is 3.55. The SMILES string of the molecule is CCc1ccccc1Nc1nc(C)c(SC)n(C(=O)OC(C)(C)C)c1=O. The van der Waals surface area contributed by atoms with Crippen LogP contribution in [0.5, 0.6) is 0 Å². The number of aromatic nitrogens is 2. The zero-order chi connectivity index (χ0) is 19.5. The van der Waals surface area contributed by atoms with Gasteiger partial charge in [-0.1, -0.05) is 25.1 Å². The fraction of sp³-hybridized carbons (Fsp3) is 0.421. The largest absolute Gasteiger partial charge is 0.443 e. The number of ether oxygens (including phenoxy) is 1. The van der Waals surface area contributed by atoms with Crippen molar-refractivity contribution in [3.63, 3.8) is 0 Å². The van der Waals surface area contributed by atoms with Gasteiger partial charge in [-0.05, 0) is 52.0 Å². The number of anilines is 2. The van der Waals surface area contributed by atoms with Crippen molar-refractivity contribution in [2.75, 3.05) is 11.6 Å². The van der Waals surface area contributed by atoms with Crippen LogP contribution in [-0.4, -0.2) is 27.5 Å². The van der Waals surface area contributed by atoms with Gasteiger partial charge >= 0.3 is 11.7 Å². The van der Waals surface area contributed by atoms with Crippen LogP contribution in [0.25, 0.3) is 0 Å². The fourth-order valence-electron chi connectivity index (χ4n) is 2.50. The number of rotatable bonds is 4. The van der Waals surface area contributed by atoms with Crippen LogP contribution < -0.4 is 10.9 Å². The molecule has 0 amide bonds. The van der Waals surface area contributed by atoms with Crippen molar-refractivity contribution >= 4 is 29.4 Å². The number of hydrogen-bond acceptors (Lipinski definition) is 6. The minimum absolute atomic E-state index is 0.104. The average molecular weight is 375 g/mol. The first-order valence-corrected chi connectivity index (χ1v) is 9.66. The topological polar surface area (TPSA) is 73.2 Å². The van der Waals surface area contributed by atoms with E-state index in [0.29, 0.717) is 10.7 Å². The Bertz CT molecular complexity index is 869. The summed E-state index contributed by atoms with van der Waals surface area (Å²) in [6.07, 6.45) is 1.90. The Hall–Kier alpha value is -2.28. The van der Waals surface area contributed by atoms with Crippen LogP contribution in [-0.2, 0) is 11.2 Å². The molecule has 0 fully saturated rings. The maximum Gasteiger partial charge on any atom is 0.422 e. The predicted octanol–water partition coefficient (Wildman–Crippen LogP) is 4.36. The quantitative estimate of drug-likeness (QED) is 0.800. The Labute approximate surface area is 158 Å². The molecule has 1 aromatic carbocycles. The lowest BCUT2D eigenvalue weighted by atomic mass is 10.1. The molecule has 1 N–H and O–H groups in total. The molecule has 0 saturated carbocycles. The van der Waals surface area contributed by atoms with Crippen molar-refractivity contribution in [2.24, 2.45) is 0 Å². The van der Waals surface area contributed by atoms with Crippen LogP contribution in [0.2, 0.25) is 0 Å². The standard InChI is InChI=1S/C19H25N3O3S/c1-7-13-10-8-9-11-14(13)21-15-16(23)22(17(26-6)12(2)20-15)18(24)25-19(3,4)5/h8-11H,7H2,1-6H3,(H,20,21). The summed E-state index contributed by atoms with van der Waals surface area (Å²) in [7, 11) is 0. The first-order chi connectivity index (χ1) is 12.2. The second kappa shape index (κ2) is 7.95. The summed E-state index contributed by atoms with van der Waals surface area (Å²) in [5.74, 6) is 0.104. The summed E-state index contributed by atoms with van der Waals surface area (Å²) >= 11 is 1.29. The molecule has 6 nitrogen and oxygen atoms in total. The van der Waals surface area contributed by atoms with Crippen molar-refractivity contribution in [3.05, 3.63) is 45.9 Å². The zero-order valence-electron chi connectivity index (χ0n) is 16.0. The van der Waals surface area contributed by atoms with Crippen LogP contribution >= 0.6 is 11.8 Å². The molecular formula is C19H25N3O3S. The number of aryl methyl sites for hydroxylation is 2. The molecule has 0 bridgehead atoms. The van der Waals surface area contributed by atoms with Gasteiger partial charge in [0.05, 0.1) is 5.69 Å². The number of benzene rings is 1. The van der Waals surface area contributed by atoms with Gasteiger partial charge in [-0.15, -0.1) is 11.8 Å². The lowest BCUT2D eigenvalue weighted by Crippen LogP contribution is -2.36. The van der Waals surface area contributed by atoms with Gasteiger partial charge in [-0.25, -0.2) is 14.3 Å². The van der Waals surface area contributed by atoms with E-state index < -0.39 is 17.3 Å². The number of nitrogens with one attached hydrogen (secondary N) is 1. The van der Waals surface area contributed by atoms with E-state index in [4.69, 9.17) is 4.74 Å². The number of hydrogen-bond donors (Lipinski definition) is 1. The van der Waals surface area contributed by atoms with Gasteiger partial charge < -0.3 is 10.1 Å². The summed E-state index contributed by atoms with van der Waals surface area (Å²) in [5.41, 5.74) is 1.21. The van der Waals surface area contributed by atoms with Crippen molar-refractivity contribution in [3.8, 4) is 0 Å². The van der Waals surface area contributed by atoms with E-state index in [1.165, 1.54) is 11.8 Å². The fourth-order valence-corrected chi connectivity index (χ4v) is 3.18. The molecule has 26 heavy (non-hydrogen) atoms. The predicted molar refractivity (Wildman–Crippen MR) is 106 cm³/mol. The number of carbonyl (C=O) groups is 1. The number of nitrogens with zero attached hydrogens (tertiary/aromatic N) is 2. The maximum absolute atomic E-state index is 13.0. The van der Waals surface area contributed by atoms with Crippen molar-refractivity contribution in [1.82, 2.24) is 9.55 Å². The van der Waals surface area contributed by atoms with E-state index in [9.17, 15) is 9.59 Å². The van der Waals surface area contributed by atoms with Gasteiger partial charge in [0.15, 0.2) is 5.82 Å². The van der Waals surface area contributed by atoms with Gasteiger partial charge in [-0.3, -0.25) is 4.79 Å². The maximum atomic E-state index is 13.0. The third kappa shape index (κ3) is 4.46. The van der Waals surface area contributed by atoms with Crippen LogP contribution in [0.4, 0.5) is 16.3 Å². The highest BCUT2D eigenvalue weighted by Crippen LogP contribution is 2.23. The normalized spacial score (nSPS) is 11.3. The summed E-state index contributed by atoms with van der Waals surface area (Å²) in [6, 6.07) is 7.70. The van der Waals surface area contributed by atoms with Crippen LogP contribution in [0.1, 0.15) is 39.0 Å². The van der Waals surface area contributed by atoms with Gasteiger partial charge in [-0.2, -0.15) is 0 Å². The van der Waals surface area contributed by atoms with E-state index in [2.05, 4.69) is 10.3 Å². The molecule has 0 unspecified atom stereocenters. The summed E-state index contributed by atoms with van der Waals surface area (Å²) < 4.78 is 6.46. The molecule has 0 aliphatic carbocycles. The Balaban J connectivity index is 2.56. The minimum atomic E-state index is -0.704. The Kier molecular flexibility index (Phi) is 6.13. The second-order valence-electron chi connectivity index (χ2n) is 6.81. The second-order valence-corrected chi connectivity index (χ2v) is 7.61. The highest BCUT2D eigenvalue weighted by molar-refractivity contribution is 7.98. The lowest BCUT2D eigenvalue weighted by molar-refractivity contribution is 0.0515. The van der Waals surface area contributed by atoms with E-state index in [0.717, 1.165) is 22.2 Å². The van der Waals surface area contributed by atoms with Gasteiger partial charge in [0.2, 0.25) is 0 Å². The Morgan fingerprint density at radius 1 is 1.31 bits per heavy atom. The van der Waals surface area contributed by atoms with E-state index in [1.807, 2.05) is 31.2 Å². The molecule has 140 valence electrons. The van der Waals surface area contributed by atoms with Crippen molar-refractivity contribution in [2.45, 2.75) is 51.7 Å². The monoisotopic (exact) mass is 375 g/mol. The van der Waals surface area contributed by atoms with Crippen LogP contribution in [0, 0.1) is 6.92 Å². The average Bonchev–Trinajstić information content (AvgIpc) is 2.56. The molecule has 1 heterocycles.